The smallest absolute Gasteiger partial charge is 0.352 e. The number of thioether (sulfide) groups is 1. The van der Waals surface area contributed by atoms with Crippen LogP contribution in [0.15, 0.2) is 28.3 Å². The predicted molar refractivity (Wildman–Crippen MR) is 200 cm³/mol. The van der Waals surface area contributed by atoms with Crippen molar-refractivity contribution in [2.24, 2.45) is 0 Å². The van der Waals surface area contributed by atoms with E-state index in [0.29, 0.717) is 23.3 Å². The summed E-state index contributed by atoms with van der Waals surface area (Å²) in [6.07, 6.45) is 0.890. The van der Waals surface area contributed by atoms with Crippen LogP contribution in [0.2, 0.25) is 0 Å². The highest BCUT2D eigenvalue weighted by atomic mass is 32.2. The van der Waals surface area contributed by atoms with Gasteiger partial charge in [0.05, 0.1) is 17.0 Å². The Kier molecular flexibility index (Phi) is 10.9. The summed E-state index contributed by atoms with van der Waals surface area (Å²) in [5.41, 5.74) is -1.98. The summed E-state index contributed by atoms with van der Waals surface area (Å²) in [7, 11) is 0. The molecule has 4 aliphatic heterocycles. The first-order chi connectivity index (χ1) is 27.5. The molecule has 6 amide bonds. The SMILES string of the molecule is CCN1CCN(C(=O)N[C@@H](C(=O)N[C@@H]2C(=O)N3C(C(=O)O)=C(CN4CCN(c5c(F)cc6c(=O)c(C(=O)O)cn(C7CC7)c6c5F)CC4)CS[C@H]23)[C@H](C)O)C(=O)C1=O. The van der Waals surface area contributed by atoms with Gasteiger partial charge in [0.15, 0.2) is 5.82 Å². The molecule has 5 N–H and O–H groups in total. The Hall–Kier alpha value is -5.61. The molecule has 0 bridgehead atoms. The third kappa shape index (κ3) is 7.12. The first kappa shape index (κ1) is 40.6. The fraction of sp³-hybridized carbons (Fsp3) is 0.500. The molecule has 22 heteroatoms. The number of nitrogens with one attached hydrogen (secondary N) is 2. The number of rotatable bonds is 11. The number of likely N-dealkylation sites (N-methyl/N-ethyl adjacent to an activating group) is 1. The number of hydrogen-bond acceptors (Lipinski definition) is 12. The normalized spacial score (nSPS) is 22.5. The Balaban J connectivity index is 1.01. The Morgan fingerprint density at radius 2 is 1.66 bits per heavy atom. The number of aromatic nitrogens is 1. The van der Waals surface area contributed by atoms with Gasteiger partial charge in [0.2, 0.25) is 11.3 Å². The molecule has 19 nitrogen and oxygen atoms in total. The summed E-state index contributed by atoms with van der Waals surface area (Å²) in [6, 6.07) is -3.30. The van der Waals surface area contributed by atoms with Crippen LogP contribution >= 0.6 is 11.8 Å². The molecule has 5 heterocycles. The van der Waals surface area contributed by atoms with Crippen LogP contribution < -0.4 is 21.0 Å². The number of carbonyl (C=O) groups is 7. The van der Waals surface area contributed by atoms with Crippen molar-refractivity contribution in [3.8, 4) is 0 Å². The van der Waals surface area contributed by atoms with E-state index in [4.69, 9.17) is 0 Å². The number of aromatic carboxylic acids is 1. The topological polar surface area (TPSA) is 242 Å². The second-order valence-electron chi connectivity index (χ2n) is 14.7. The molecule has 0 radical (unpaired) electrons. The molecule has 1 aromatic heterocycles. The van der Waals surface area contributed by atoms with Gasteiger partial charge in [-0.05, 0) is 38.3 Å². The van der Waals surface area contributed by atoms with Gasteiger partial charge >= 0.3 is 29.8 Å². The quantitative estimate of drug-likeness (QED) is 0.139. The number of halogens is 2. The maximum Gasteiger partial charge on any atom is 0.352 e. The van der Waals surface area contributed by atoms with Crippen molar-refractivity contribution in [3.63, 3.8) is 0 Å². The number of fused-ring (bicyclic) bond motifs is 2. The van der Waals surface area contributed by atoms with E-state index in [9.17, 15) is 53.7 Å². The highest BCUT2D eigenvalue weighted by Crippen LogP contribution is 2.42. The molecular formula is C36H40F2N8O11S. The monoisotopic (exact) mass is 830 g/mol. The van der Waals surface area contributed by atoms with Crippen molar-refractivity contribution in [2.75, 3.05) is 63.0 Å². The van der Waals surface area contributed by atoms with Crippen LogP contribution in [-0.4, -0.2) is 163 Å². The maximum absolute atomic E-state index is 16.2. The second kappa shape index (κ2) is 15.6. The summed E-state index contributed by atoms with van der Waals surface area (Å²) in [5, 5.41) is 33.6. The van der Waals surface area contributed by atoms with Crippen LogP contribution in [0, 0.1) is 11.6 Å². The number of hydrogen-bond donors (Lipinski definition) is 5. The molecule has 4 atom stereocenters. The molecule has 0 unspecified atom stereocenters. The summed E-state index contributed by atoms with van der Waals surface area (Å²) in [4.78, 5) is 108. The number of nitrogens with zero attached hydrogens (tertiary/aromatic N) is 6. The number of carbonyl (C=O) groups excluding carboxylic acids is 5. The summed E-state index contributed by atoms with van der Waals surface area (Å²) < 4.78 is 33.1. The molecule has 310 valence electrons. The van der Waals surface area contributed by atoms with E-state index < -0.39 is 87.8 Å². The number of anilines is 1. The van der Waals surface area contributed by atoms with E-state index in [-0.39, 0.29) is 86.4 Å². The molecule has 1 aromatic carbocycles. The number of aliphatic carboxylic acids is 1. The minimum absolute atomic E-state index is 0.0823. The van der Waals surface area contributed by atoms with Crippen molar-refractivity contribution >= 4 is 70.0 Å². The van der Waals surface area contributed by atoms with Gasteiger partial charge in [-0.15, -0.1) is 11.8 Å². The number of pyridine rings is 1. The number of carboxylic acid groups (broad SMARTS) is 2. The Morgan fingerprint density at radius 3 is 2.26 bits per heavy atom. The zero-order valence-electron chi connectivity index (χ0n) is 31.3. The predicted octanol–water partition coefficient (Wildman–Crippen LogP) is -0.677. The lowest BCUT2D eigenvalue weighted by atomic mass is 10.0. The number of urea groups is 1. The Morgan fingerprint density at radius 1 is 0.966 bits per heavy atom. The lowest BCUT2D eigenvalue weighted by molar-refractivity contribution is -0.153. The van der Waals surface area contributed by atoms with Crippen LogP contribution in [-0.2, 0) is 24.0 Å². The molecule has 7 rings (SSSR count). The third-order valence-corrected chi connectivity index (χ3v) is 12.3. The van der Waals surface area contributed by atoms with Gasteiger partial charge in [0.1, 0.15) is 40.2 Å². The lowest BCUT2D eigenvalue weighted by Gasteiger charge is -2.50. The summed E-state index contributed by atoms with van der Waals surface area (Å²) in [5.74, 6) is -8.47. The average molecular weight is 831 g/mol. The Bertz CT molecular complexity index is 2240. The van der Waals surface area contributed by atoms with Crippen LogP contribution in [0.1, 0.15) is 43.1 Å². The number of aliphatic hydroxyl groups is 1. The van der Waals surface area contributed by atoms with Gasteiger partial charge in [0, 0.05) is 70.3 Å². The first-order valence-electron chi connectivity index (χ1n) is 18.6. The van der Waals surface area contributed by atoms with E-state index in [1.807, 2.05) is 4.90 Å². The molecule has 58 heavy (non-hydrogen) atoms. The molecule has 1 saturated carbocycles. The van der Waals surface area contributed by atoms with Gasteiger partial charge in [-0.25, -0.2) is 23.2 Å². The summed E-state index contributed by atoms with van der Waals surface area (Å²) in [6.45, 7) is 3.87. The number of piperazine rings is 2. The average Bonchev–Trinajstić information content (AvgIpc) is 4.03. The van der Waals surface area contributed by atoms with Gasteiger partial charge in [-0.2, -0.15) is 0 Å². The zero-order chi connectivity index (χ0) is 41.9. The van der Waals surface area contributed by atoms with Gasteiger partial charge in [0.25, 0.3) is 5.91 Å². The van der Waals surface area contributed by atoms with Crippen molar-refractivity contribution in [1.29, 1.82) is 0 Å². The number of aliphatic hydroxyl groups excluding tert-OH is 1. The maximum atomic E-state index is 16.2. The molecule has 2 aromatic rings. The Labute approximate surface area is 332 Å². The second-order valence-corrected chi connectivity index (χ2v) is 15.8. The minimum Gasteiger partial charge on any atom is -0.477 e. The molecule has 3 saturated heterocycles. The van der Waals surface area contributed by atoms with Gasteiger partial charge in [-0.3, -0.25) is 38.7 Å². The van der Waals surface area contributed by atoms with Crippen molar-refractivity contribution in [1.82, 2.24) is 34.8 Å². The molecule has 1 aliphatic carbocycles. The van der Waals surface area contributed by atoms with Crippen LogP contribution in [0.4, 0.5) is 19.3 Å². The number of carboxylic acids is 2. The largest absolute Gasteiger partial charge is 0.477 e. The molecule has 4 fully saturated rings. The van der Waals surface area contributed by atoms with Crippen molar-refractivity contribution in [3.05, 3.63) is 51.0 Å². The minimum atomic E-state index is -1.64. The third-order valence-electron chi connectivity index (χ3n) is 11.0. The fourth-order valence-corrected chi connectivity index (χ4v) is 9.08. The highest BCUT2D eigenvalue weighted by Gasteiger charge is 2.55. The highest BCUT2D eigenvalue weighted by molar-refractivity contribution is 8.00. The van der Waals surface area contributed by atoms with Gasteiger partial charge in [-0.1, -0.05) is 0 Å². The molecular weight excluding hydrogens is 791 g/mol. The number of amides is 6. The lowest BCUT2D eigenvalue weighted by Crippen LogP contribution is -2.72. The van der Waals surface area contributed by atoms with Crippen LogP contribution in [0.3, 0.4) is 0 Å². The first-order valence-corrected chi connectivity index (χ1v) is 19.7. The standard InChI is InChI=1S/C36H40F2N8O11S/c1-3-42-10-11-44(32(52)31(42)51)36(57)40-23(16(2)47)29(49)39-24-30(50)46-25(35(55)56)17(15-58-33(24)46)13-41-6-8-43(9-7-41)27-21(37)12-19-26(22(27)38)45(18-4-5-18)14-20(28(19)48)34(53)54/h12,14,16,18,23-24,33,47H,3-11,13,15H2,1-2H3,(H,39,49)(H,40,57)(H,53,54)(H,55,56)/t16-,23+,24+,33+/m0/s1. The van der Waals surface area contributed by atoms with E-state index in [0.717, 1.165) is 17.2 Å². The number of imide groups is 1. The fourth-order valence-electron chi connectivity index (χ4n) is 7.75. The molecule has 5 aliphatic rings. The van der Waals surface area contributed by atoms with E-state index in [1.54, 1.807) is 6.92 Å². The number of β-lactam (4-membered cyclic amide) rings is 1. The van der Waals surface area contributed by atoms with E-state index >= 15 is 8.78 Å². The van der Waals surface area contributed by atoms with Crippen molar-refractivity contribution < 1.29 is 57.7 Å². The summed E-state index contributed by atoms with van der Waals surface area (Å²) >= 11 is 1.18. The van der Waals surface area contributed by atoms with Crippen LogP contribution in [0.25, 0.3) is 10.9 Å². The zero-order valence-corrected chi connectivity index (χ0v) is 32.1. The van der Waals surface area contributed by atoms with E-state index in [2.05, 4.69) is 10.6 Å². The van der Waals surface area contributed by atoms with Crippen molar-refractivity contribution in [2.45, 2.75) is 56.3 Å². The van der Waals surface area contributed by atoms with Crippen LogP contribution in [0.5, 0.6) is 0 Å². The number of benzene rings is 1. The molecule has 0 spiro atoms. The van der Waals surface area contributed by atoms with E-state index in [1.165, 1.54) is 33.1 Å². The van der Waals surface area contributed by atoms with Gasteiger partial charge < -0.3 is 40.3 Å².